The van der Waals surface area contributed by atoms with E-state index >= 15 is 0 Å². The highest BCUT2D eigenvalue weighted by molar-refractivity contribution is 5.78. The van der Waals surface area contributed by atoms with Gasteiger partial charge in [0.2, 0.25) is 11.8 Å². The second-order valence-electron chi connectivity index (χ2n) is 7.97. The fourth-order valence-electron chi connectivity index (χ4n) is 4.28. The lowest BCUT2D eigenvalue weighted by Gasteiger charge is -2.33. The van der Waals surface area contributed by atoms with Gasteiger partial charge in [0.1, 0.15) is 11.6 Å². The molecule has 2 aromatic heterocycles. The van der Waals surface area contributed by atoms with Gasteiger partial charge in [-0.15, -0.1) is 0 Å². The van der Waals surface area contributed by atoms with E-state index in [4.69, 9.17) is 9.97 Å². The number of nitrogens with one attached hydrogen (secondary N) is 1. The second-order valence-corrected chi connectivity index (χ2v) is 7.97. The lowest BCUT2D eigenvalue weighted by atomic mass is 9.95. The van der Waals surface area contributed by atoms with E-state index in [0.717, 1.165) is 54.4 Å². The van der Waals surface area contributed by atoms with E-state index in [-0.39, 0.29) is 17.7 Å². The molecule has 0 aliphatic carbocycles. The zero-order valence-corrected chi connectivity index (χ0v) is 17.6. The molecule has 8 nitrogen and oxygen atoms in total. The van der Waals surface area contributed by atoms with Crippen molar-refractivity contribution >= 4 is 17.6 Å². The first-order valence-corrected chi connectivity index (χ1v) is 10.6. The van der Waals surface area contributed by atoms with E-state index in [1.165, 1.54) is 0 Å². The van der Waals surface area contributed by atoms with E-state index in [2.05, 4.69) is 10.3 Å². The summed E-state index contributed by atoms with van der Waals surface area (Å²) in [6.45, 7) is 4.21. The zero-order valence-electron chi connectivity index (χ0n) is 17.6. The van der Waals surface area contributed by atoms with Crippen LogP contribution < -0.4 is 5.32 Å². The van der Waals surface area contributed by atoms with E-state index in [1.54, 1.807) is 13.1 Å². The van der Waals surface area contributed by atoms with Crippen LogP contribution in [-0.4, -0.2) is 63.2 Å². The van der Waals surface area contributed by atoms with Crippen molar-refractivity contribution in [3.05, 3.63) is 47.2 Å². The number of aromatic nitrogens is 3. The van der Waals surface area contributed by atoms with Gasteiger partial charge in [-0.3, -0.25) is 14.6 Å². The number of carbonyl (C=O) groups is 2. The standard InChI is InChI=1S/C22H28N6O2/c1-15(29)27-11-8-19-18(14-27)22(23-2)26-21(25-19)16-6-5-10-28(13-16)20(30)12-17-7-3-4-9-24-17/h3-4,7,9,16H,5-6,8,10-14H2,1-2H3,(H,23,25,26)/t16-/m1/s1. The van der Waals surface area contributed by atoms with Gasteiger partial charge in [0.15, 0.2) is 0 Å². The highest BCUT2D eigenvalue weighted by atomic mass is 16.2. The van der Waals surface area contributed by atoms with Gasteiger partial charge in [-0.2, -0.15) is 0 Å². The van der Waals surface area contributed by atoms with E-state index in [9.17, 15) is 9.59 Å². The fourth-order valence-corrected chi connectivity index (χ4v) is 4.28. The average Bonchev–Trinajstić information content (AvgIpc) is 2.78. The van der Waals surface area contributed by atoms with Crippen LogP contribution in [0, 0.1) is 0 Å². The van der Waals surface area contributed by atoms with Gasteiger partial charge in [-0.25, -0.2) is 9.97 Å². The van der Waals surface area contributed by atoms with Crippen molar-refractivity contribution in [1.29, 1.82) is 0 Å². The van der Waals surface area contributed by atoms with Crippen LogP contribution in [0.5, 0.6) is 0 Å². The largest absolute Gasteiger partial charge is 0.373 e. The van der Waals surface area contributed by atoms with E-state index < -0.39 is 0 Å². The summed E-state index contributed by atoms with van der Waals surface area (Å²) >= 11 is 0. The maximum Gasteiger partial charge on any atom is 0.228 e. The Morgan fingerprint density at radius 3 is 2.80 bits per heavy atom. The number of nitrogens with zero attached hydrogens (tertiary/aromatic N) is 5. The van der Waals surface area contributed by atoms with Crippen LogP contribution in [0.1, 0.15) is 48.5 Å². The number of hydrogen-bond donors (Lipinski definition) is 1. The molecule has 0 aromatic carbocycles. The summed E-state index contributed by atoms with van der Waals surface area (Å²) in [6.07, 6.45) is 4.67. The first kappa shape index (κ1) is 20.3. The third kappa shape index (κ3) is 4.27. The topological polar surface area (TPSA) is 91.3 Å². The molecule has 1 atom stereocenters. The second kappa shape index (κ2) is 8.77. The Balaban J connectivity index is 1.51. The van der Waals surface area contributed by atoms with E-state index in [0.29, 0.717) is 26.1 Å². The van der Waals surface area contributed by atoms with Crippen molar-refractivity contribution in [2.75, 3.05) is 32.0 Å². The molecule has 0 spiro atoms. The Labute approximate surface area is 176 Å². The Morgan fingerprint density at radius 2 is 2.07 bits per heavy atom. The third-order valence-electron chi connectivity index (χ3n) is 5.96. The molecule has 2 aromatic rings. The average molecular weight is 409 g/mol. The lowest BCUT2D eigenvalue weighted by Crippen LogP contribution is -2.41. The summed E-state index contributed by atoms with van der Waals surface area (Å²) in [5.74, 6) is 1.88. The number of amides is 2. The summed E-state index contributed by atoms with van der Waals surface area (Å²) in [5, 5.41) is 3.18. The predicted molar refractivity (Wildman–Crippen MR) is 113 cm³/mol. The smallest absolute Gasteiger partial charge is 0.228 e. The van der Waals surface area contributed by atoms with Gasteiger partial charge < -0.3 is 15.1 Å². The number of likely N-dealkylation sites (tertiary alicyclic amines) is 1. The number of piperidine rings is 1. The zero-order chi connectivity index (χ0) is 21.1. The van der Waals surface area contributed by atoms with Crippen LogP contribution in [0.4, 0.5) is 5.82 Å². The van der Waals surface area contributed by atoms with Crippen molar-refractivity contribution in [3.8, 4) is 0 Å². The number of fused-ring (bicyclic) bond motifs is 1. The van der Waals surface area contributed by atoms with Crippen molar-refractivity contribution in [2.24, 2.45) is 0 Å². The number of carbonyl (C=O) groups excluding carboxylic acids is 2. The minimum absolute atomic E-state index is 0.0705. The maximum absolute atomic E-state index is 12.8. The van der Waals surface area contributed by atoms with Crippen LogP contribution >= 0.6 is 0 Å². The first-order valence-electron chi connectivity index (χ1n) is 10.6. The van der Waals surface area contributed by atoms with E-state index in [1.807, 2.05) is 35.0 Å². The Kier molecular flexibility index (Phi) is 5.92. The molecule has 4 heterocycles. The Hall–Kier alpha value is -3.03. The molecule has 8 heteroatoms. The number of pyridine rings is 1. The van der Waals surface area contributed by atoms with Gasteiger partial charge in [0.05, 0.1) is 18.7 Å². The normalized spacial score (nSPS) is 18.7. The molecule has 2 aliphatic rings. The molecule has 0 bridgehead atoms. The molecule has 2 amide bonds. The summed E-state index contributed by atoms with van der Waals surface area (Å²) in [4.78, 5) is 42.3. The molecular weight excluding hydrogens is 380 g/mol. The van der Waals surface area contributed by atoms with Gasteiger partial charge in [-0.05, 0) is 25.0 Å². The predicted octanol–water partition coefficient (Wildman–Crippen LogP) is 1.77. The summed E-state index contributed by atoms with van der Waals surface area (Å²) in [7, 11) is 1.85. The molecule has 0 saturated carbocycles. The number of hydrogen-bond acceptors (Lipinski definition) is 6. The van der Waals surface area contributed by atoms with Crippen LogP contribution in [0.3, 0.4) is 0 Å². The minimum atomic E-state index is 0.0705. The number of rotatable bonds is 4. The summed E-state index contributed by atoms with van der Waals surface area (Å²) < 4.78 is 0. The molecule has 2 aliphatic heterocycles. The molecule has 30 heavy (non-hydrogen) atoms. The molecule has 1 fully saturated rings. The molecule has 1 saturated heterocycles. The lowest BCUT2D eigenvalue weighted by molar-refractivity contribution is -0.132. The van der Waals surface area contributed by atoms with Crippen molar-refractivity contribution in [3.63, 3.8) is 0 Å². The van der Waals surface area contributed by atoms with Crippen LogP contribution in [0.25, 0.3) is 0 Å². The quantitative estimate of drug-likeness (QED) is 0.829. The van der Waals surface area contributed by atoms with Gasteiger partial charge in [0, 0.05) is 63.4 Å². The van der Waals surface area contributed by atoms with Crippen molar-refractivity contribution in [1.82, 2.24) is 24.8 Å². The van der Waals surface area contributed by atoms with Crippen LogP contribution in [0.2, 0.25) is 0 Å². The van der Waals surface area contributed by atoms with Crippen LogP contribution in [0.15, 0.2) is 24.4 Å². The fraction of sp³-hybridized carbons (Fsp3) is 0.500. The monoisotopic (exact) mass is 408 g/mol. The van der Waals surface area contributed by atoms with Crippen molar-refractivity contribution in [2.45, 2.75) is 45.1 Å². The molecular formula is C22H28N6O2. The maximum atomic E-state index is 12.8. The highest BCUT2D eigenvalue weighted by Crippen LogP contribution is 2.30. The summed E-state index contributed by atoms with van der Waals surface area (Å²) in [6, 6.07) is 5.64. The minimum Gasteiger partial charge on any atom is -0.373 e. The SMILES string of the molecule is CNc1nc([C@@H]2CCCN(C(=O)Cc3ccccn3)C2)nc2c1CN(C(C)=O)CC2. The van der Waals surface area contributed by atoms with Gasteiger partial charge in [0.25, 0.3) is 0 Å². The van der Waals surface area contributed by atoms with Gasteiger partial charge in [-0.1, -0.05) is 6.07 Å². The van der Waals surface area contributed by atoms with Crippen LogP contribution in [-0.2, 0) is 29.0 Å². The molecule has 158 valence electrons. The molecule has 1 N–H and O–H groups in total. The van der Waals surface area contributed by atoms with Gasteiger partial charge >= 0.3 is 0 Å². The Bertz CT molecular complexity index is 915. The molecule has 0 unspecified atom stereocenters. The molecule has 4 rings (SSSR count). The van der Waals surface area contributed by atoms with Crippen molar-refractivity contribution < 1.29 is 9.59 Å². The number of anilines is 1. The summed E-state index contributed by atoms with van der Waals surface area (Å²) in [5.41, 5.74) is 2.81. The Morgan fingerprint density at radius 1 is 1.20 bits per heavy atom. The highest BCUT2D eigenvalue weighted by Gasteiger charge is 2.29. The third-order valence-corrected chi connectivity index (χ3v) is 5.96. The first-order chi connectivity index (χ1) is 14.5. The molecule has 0 radical (unpaired) electrons.